The molecule has 0 amide bonds. The fourth-order valence-electron chi connectivity index (χ4n) is 3.10. The lowest BCUT2D eigenvalue weighted by Crippen LogP contribution is -2.45. The number of ether oxygens (including phenoxy) is 1. The second-order valence-electron chi connectivity index (χ2n) is 6.12. The molecule has 0 radical (unpaired) electrons. The van der Waals surface area contributed by atoms with Crippen LogP contribution in [0.2, 0.25) is 0 Å². The number of nitrogens with zero attached hydrogens (tertiary/aromatic N) is 2. The van der Waals surface area contributed by atoms with Crippen molar-refractivity contribution in [3.05, 3.63) is 59.4 Å². The van der Waals surface area contributed by atoms with Crippen LogP contribution in [-0.4, -0.2) is 39.0 Å². The van der Waals surface area contributed by atoms with Gasteiger partial charge in [0.25, 0.3) is 0 Å². The molecule has 6 nitrogen and oxygen atoms in total. The van der Waals surface area contributed by atoms with Crippen molar-refractivity contribution in [1.82, 2.24) is 9.55 Å². The zero-order valence-corrected chi connectivity index (χ0v) is 15.0. The topological polar surface area (TPSA) is 84.6 Å². The van der Waals surface area contributed by atoms with E-state index in [1.54, 1.807) is 6.92 Å². The smallest absolute Gasteiger partial charge is 0.428 e. The van der Waals surface area contributed by atoms with Crippen LogP contribution in [0.3, 0.4) is 0 Å². The Morgan fingerprint density at radius 3 is 2.32 bits per heavy atom. The number of aryl methyl sites for hydroxylation is 1. The second-order valence-corrected chi connectivity index (χ2v) is 6.12. The molecule has 0 saturated heterocycles. The fourth-order valence-corrected chi connectivity index (χ4v) is 3.10. The highest BCUT2D eigenvalue weighted by atomic mass is 19.4. The summed E-state index contributed by atoms with van der Waals surface area (Å²) in [5.41, 5.74) is -3.57. The van der Waals surface area contributed by atoms with Gasteiger partial charge in [-0.05, 0) is 37.3 Å². The van der Waals surface area contributed by atoms with Gasteiger partial charge in [0, 0.05) is 12.1 Å². The molecule has 0 bridgehead atoms. The highest BCUT2D eigenvalue weighted by Crippen LogP contribution is 2.45. The SMILES string of the molecule is CCn1c(C(O)(c2ccc(OC)cc2)C(F)(F)F)nc2ccc(C(=O)O)cc21. The number of fused-ring (bicyclic) bond motifs is 1. The molecule has 9 heteroatoms. The van der Waals surface area contributed by atoms with E-state index >= 15 is 0 Å². The molecule has 3 aromatic rings. The number of alkyl halides is 3. The number of methoxy groups -OCH3 is 1. The van der Waals surface area contributed by atoms with E-state index in [1.165, 1.54) is 42.0 Å². The molecule has 0 aliphatic carbocycles. The Kier molecular flexibility index (Phi) is 4.80. The molecular weight excluding hydrogens is 377 g/mol. The lowest BCUT2D eigenvalue weighted by molar-refractivity contribution is -0.252. The first-order valence-corrected chi connectivity index (χ1v) is 8.31. The minimum Gasteiger partial charge on any atom is -0.497 e. The van der Waals surface area contributed by atoms with Gasteiger partial charge < -0.3 is 19.5 Å². The van der Waals surface area contributed by atoms with E-state index in [0.29, 0.717) is 5.75 Å². The summed E-state index contributed by atoms with van der Waals surface area (Å²) < 4.78 is 48.4. The van der Waals surface area contributed by atoms with Crippen molar-refractivity contribution >= 4 is 17.0 Å². The van der Waals surface area contributed by atoms with Gasteiger partial charge in [-0.3, -0.25) is 0 Å². The van der Waals surface area contributed by atoms with Gasteiger partial charge in [-0.15, -0.1) is 0 Å². The normalized spacial score (nSPS) is 14.1. The Bertz CT molecular complexity index is 1030. The average Bonchev–Trinajstić information content (AvgIpc) is 3.04. The molecule has 0 saturated carbocycles. The van der Waals surface area contributed by atoms with Crippen molar-refractivity contribution in [3.63, 3.8) is 0 Å². The van der Waals surface area contributed by atoms with Crippen LogP contribution in [0.15, 0.2) is 42.5 Å². The molecule has 1 atom stereocenters. The number of carboxylic acid groups (broad SMARTS) is 1. The number of rotatable bonds is 5. The van der Waals surface area contributed by atoms with Gasteiger partial charge in [0.1, 0.15) is 5.75 Å². The molecule has 0 spiro atoms. The quantitative estimate of drug-likeness (QED) is 0.691. The van der Waals surface area contributed by atoms with Gasteiger partial charge in [0.05, 0.1) is 23.7 Å². The van der Waals surface area contributed by atoms with Crippen LogP contribution in [-0.2, 0) is 12.1 Å². The van der Waals surface area contributed by atoms with Gasteiger partial charge in [0.2, 0.25) is 5.60 Å². The van der Waals surface area contributed by atoms with Crippen LogP contribution in [0.5, 0.6) is 5.75 Å². The number of aromatic carboxylic acids is 1. The van der Waals surface area contributed by atoms with Crippen LogP contribution in [0.1, 0.15) is 28.7 Å². The van der Waals surface area contributed by atoms with Gasteiger partial charge >= 0.3 is 12.1 Å². The third-order valence-electron chi connectivity index (χ3n) is 4.55. The number of hydrogen-bond acceptors (Lipinski definition) is 4. The number of aliphatic hydroxyl groups is 1. The predicted octanol–water partition coefficient (Wildman–Crippen LogP) is 3.56. The summed E-state index contributed by atoms with van der Waals surface area (Å²) in [4.78, 5) is 15.2. The largest absolute Gasteiger partial charge is 0.497 e. The Hall–Kier alpha value is -3.07. The molecule has 3 rings (SSSR count). The first-order valence-electron chi connectivity index (χ1n) is 8.31. The van der Waals surface area contributed by atoms with E-state index in [0.717, 1.165) is 12.1 Å². The summed E-state index contributed by atoms with van der Waals surface area (Å²) in [6, 6.07) is 8.67. The molecule has 28 heavy (non-hydrogen) atoms. The van der Waals surface area contributed by atoms with Crippen molar-refractivity contribution in [2.75, 3.05) is 7.11 Å². The second kappa shape index (κ2) is 6.83. The standard InChI is InChI=1S/C19H17F3N2O4/c1-3-24-15-10-11(16(25)26)4-9-14(15)23-17(24)18(27,19(20,21)22)12-5-7-13(28-2)8-6-12/h4-10,27H,3H2,1-2H3,(H,25,26). The molecule has 2 aromatic carbocycles. The Morgan fingerprint density at radius 2 is 1.82 bits per heavy atom. The number of imidazole rings is 1. The number of aromatic nitrogens is 2. The predicted molar refractivity (Wildman–Crippen MR) is 94.4 cm³/mol. The summed E-state index contributed by atoms with van der Waals surface area (Å²) in [5, 5.41) is 20.0. The first kappa shape index (κ1) is 19.7. The molecule has 2 N–H and O–H groups in total. The van der Waals surface area contributed by atoms with Crippen molar-refractivity contribution in [2.45, 2.75) is 25.2 Å². The molecule has 148 valence electrons. The lowest BCUT2D eigenvalue weighted by Gasteiger charge is -2.31. The van der Waals surface area contributed by atoms with Crippen molar-refractivity contribution in [3.8, 4) is 5.75 Å². The van der Waals surface area contributed by atoms with Crippen molar-refractivity contribution < 1.29 is 32.9 Å². The van der Waals surface area contributed by atoms with Crippen LogP contribution >= 0.6 is 0 Å². The lowest BCUT2D eigenvalue weighted by atomic mass is 9.92. The van der Waals surface area contributed by atoms with Crippen LogP contribution < -0.4 is 4.74 Å². The zero-order valence-electron chi connectivity index (χ0n) is 15.0. The van der Waals surface area contributed by atoms with E-state index in [9.17, 15) is 23.1 Å². The number of halogens is 3. The maximum Gasteiger partial charge on any atom is 0.428 e. The highest BCUT2D eigenvalue weighted by Gasteiger charge is 2.59. The van der Waals surface area contributed by atoms with Gasteiger partial charge in [-0.1, -0.05) is 12.1 Å². The maximum absolute atomic E-state index is 14.1. The minimum absolute atomic E-state index is 0.0451. The van der Waals surface area contributed by atoms with E-state index in [-0.39, 0.29) is 23.1 Å². The van der Waals surface area contributed by atoms with Gasteiger partial charge in [0.15, 0.2) is 5.82 Å². The monoisotopic (exact) mass is 394 g/mol. The Labute approximate surface area is 157 Å². The molecule has 0 fully saturated rings. The molecule has 0 aliphatic heterocycles. The fraction of sp³-hybridized carbons (Fsp3) is 0.263. The van der Waals surface area contributed by atoms with Crippen molar-refractivity contribution in [1.29, 1.82) is 0 Å². The average molecular weight is 394 g/mol. The van der Waals surface area contributed by atoms with Gasteiger partial charge in [-0.2, -0.15) is 13.2 Å². The van der Waals surface area contributed by atoms with Crippen LogP contribution in [0, 0.1) is 0 Å². The van der Waals surface area contributed by atoms with Gasteiger partial charge in [-0.25, -0.2) is 9.78 Å². The Balaban J connectivity index is 2.31. The van der Waals surface area contributed by atoms with E-state index < -0.39 is 29.1 Å². The Morgan fingerprint density at radius 1 is 1.18 bits per heavy atom. The summed E-state index contributed by atoms with van der Waals surface area (Å²) in [7, 11) is 1.38. The minimum atomic E-state index is -5.08. The summed E-state index contributed by atoms with van der Waals surface area (Å²) >= 11 is 0. The molecule has 1 aromatic heterocycles. The number of hydrogen-bond donors (Lipinski definition) is 2. The third kappa shape index (κ3) is 2.97. The van der Waals surface area contributed by atoms with Crippen LogP contribution in [0.25, 0.3) is 11.0 Å². The number of benzene rings is 2. The van der Waals surface area contributed by atoms with E-state index in [1.807, 2.05) is 0 Å². The third-order valence-corrected chi connectivity index (χ3v) is 4.55. The first-order chi connectivity index (χ1) is 13.1. The highest BCUT2D eigenvalue weighted by molar-refractivity contribution is 5.92. The summed E-state index contributed by atoms with van der Waals surface area (Å²) in [6.45, 7) is 1.63. The van der Waals surface area contributed by atoms with Crippen LogP contribution in [0.4, 0.5) is 13.2 Å². The molecular formula is C19H17F3N2O4. The summed E-state index contributed by atoms with van der Waals surface area (Å²) in [6.07, 6.45) is -5.08. The molecule has 1 heterocycles. The molecule has 1 unspecified atom stereocenters. The number of carboxylic acids is 1. The summed E-state index contributed by atoms with van der Waals surface area (Å²) in [5.74, 6) is -1.51. The maximum atomic E-state index is 14.1. The van der Waals surface area contributed by atoms with E-state index in [4.69, 9.17) is 9.84 Å². The van der Waals surface area contributed by atoms with Crippen molar-refractivity contribution in [2.24, 2.45) is 0 Å². The zero-order chi connectivity index (χ0) is 20.7. The number of carbonyl (C=O) groups is 1. The van der Waals surface area contributed by atoms with E-state index in [2.05, 4.69) is 4.98 Å². The molecule has 0 aliphatic rings.